The smallest absolute Gasteiger partial charge is 0.341 e. The van der Waals surface area contributed by atoms with Gasteiger partial charge in [-0.2, -0.15) is 5.10 Å². The van der Waals surface area contributed by atoms with E-state index in [9.17, 15) is 4.79 Å². The summed E-state index contributed by atoms with van der Waals surface area (Å²) >= 11 is 0. The minimum atomic E-state index is -0.382. The predicted octanol–water partition coefficient (Wildman–Crippen LogP) is 1.98. The fourth-order valence-electron chi connectivity index (χ4n) is 1.64. The lowest BCUT2D eigenvalue weighted by Crippen LogP contribution is -2.01. The van der Waals surface area contributed by atoms with Crippen LogP contribution in [0, 0.1) is 6.92 Å². The van der Waals surface area contributed by atoms with Crippen LogP contribution in [0.4, 0.5) is 0 Å². The molecule has 1 aromatic heterocycles. The Balaban J connectivity index is 2.36. The van der Waals surface area contributed by atoms with Crippen molar-refractivity contribution in [1.29, 1.82) is 0 Å². The largest absolute Gasteiger partial charge is 0.497 e. The minimum Gasteiger partial charge on any atom is -0.497 e. The van der Waals surface area contributed by atoms with E-state index < -0.39 is 0 Å². The highest BCUT2D eigenvalue weighted by molar-refractivity contribution is 5.90. The number of rotatable bonds is 3. The fourth-order valence-corrected chi connectivity index (χ4v) is 1.64. The van der Waals surface area contributed by atoms with Gasteiger partial charge >= 0.3 is 5.97 Å². The number of ether oxygens (including phenoxy) is 2. The summed E-state index contributed by atoms with van der Waals surface area (Å²) in [6.07, 6.45) is 1.66. The molecule has 0 aliphatic heterocycles. The van der Waals surface area contributed by atoms with E-state index in [4.69, 9.17) is 9.47 Å². The maximum atomic E-state index is 11.5. The maximum absolute atomic E-state index is 11.5. The third-order valence-electron chi connectivity index (χ3n) is 2.64. The zero-order chi connectivity index (χ0) is 13.1. The van der Waals surface area contributed by atoms with Crippen LogP contribution in [0.15, 0.2) is 30.5 Å². The van der Waals surface area contributed by atoms with Gasteiger partial charge < -0.3 is 9.47 Å². The molecule has 2 aromatic rings. The number of aryl methyl sites for hydroxylation is 1. The lowest BCUT2D eigenvalue weighted by molar-refractivity contribution is 0.0600. The van der Waals surface area contributed by atoms with Gasteiger partial charge in [0.1, 0.15) is 11.3 Å². The van der Waals surface area contributed by atoms with Gasteiger partial charge in [-0.15, -0.1) is 0 Å². The van der Waals surface area contributed by atoms with Gasteiger partial charge in [-0.1, -0.05) is 0 Å². The molecule has 0 unspecified atom stereocenters. The summed E-state index contributed by atoms with van der Waals surface area (Å²) in [7, 11) is 2.97. The third kappa shape index (κ3) is 2.20. The first kappa shape index (κ1) is 12.2. The number of carbonyl (C=O) groups is 1. The molecule has 18 heavy (non-hydrogen) atoms. The van der Waals surface area contributed by atoms with Crippen LogP contribution in [0.25, 0.3) is 5.69 Å². The average molecular weight is 246 g/mol. The van der Waals surface area contributed by atoms with Crippen molar-refractivity contribution in [3.8, 4) is 11.4 Å². The average Bonchev–Trinajstić information content (AvgIpc) is 2.80. The second-order valence-corrected chi connectivity index (χ2v) is 3.76. The molecule has 0 saturated carbocycles. The molecule has 0 spiro atoms. The van der Waals surface area contributed by atoms with Crippen molar-refractivity contribution in [1.82, 2.24) is 9.78 Å². The molecule has 1 aromatic carbocycles. The van der Waals surface area contributed by atoms with Crippen molar-refractivity contribution >= 4 is 5.97 Å². The monoisotopic (exact) mass is 246 g/mol. The Labute approximate surface area is 105 Å². The van der Waals surface area contributed by atoms with E-state index in [0.29, 0.717) is 11.3 Å². The van der Waals surface area contributed by atoms with E-state index in [1.807, 2.05) is 24.3 Å². The van der Waals surface area contributed by atoms with Crippen molar-refractivity contribution in [3.63, 3.8) is 0 Å². The van der Waals surface area contributed by atoms with E-state index in [-0.39, 0.29) is 5.97 Å². The van der Waals surface area contributed by atoms with E-state index in [2.05, 4.69) is 5.10 Å². The highest BCUT2D eigenvalue weighted by Crippen LogP contribution is 2.16. The topological polar surface area (TPSA) is 53.4 Å². The molecular formula is C13H14N2O3. The van der Waals surface area contributed by atoms with E-state index in [1.54, 1.807) is 24.9 Å². The molecule has 0 saturated heterocycles. The van der Waals surface area contributed by atoms with Gasteiger partial charge in [0.2, 0.25) is 0 Å². The first-order chi connectivity index (χ1) is 8.65. The molecule has 0 amide bonds. The highest BCUT2D eigenvalue weighted by Gasteiger charge is 2.14. The number of carbonyl (C=O) groups excluding carboxylic acids is 1. The summed E-state index contributed by atoms with van der Waals surface area (Å²) in [5, 5.41) is 4.28. The number of aromatic nitrogens is 2. The number of benzene rings is 1. The lowest BCUT2D eigenvalue weighted by Gasteiger charge is -2.02. The van der Waals surface area contributed by atoms with Crippen molar-refractivity contribution in [2.75, 3.05) is 14.2 Å². The van der Waals surface area contributed by atoms with Gasteiger partial charge in [-0.05, 0) is 31.2 Å². The summed E-state index contributed by atoms with van der Waals surface area (Å²) in [5.41, 5.74) is 1.96. The van der Waals surface area contributed by atoms with Crippen LogP contribution >= 0.6 is 0 Å². The summed E-state index contributed by atoms with van der Waals surface area (Å²) in [4.78, 5) is 11.5. The zero-order valence-electron chi connectivity index (χ0n) is 10.5. The molecule has 94 valence electrons. The Morgan fingerprint density at radius 3 is 2.44 bits per heavy atom. The first-order valence-corrected chi connectivity index (χ1v) is 5.44. The Morgan fingerprint density at radius 2 is 1.89 bits per heavy atom. The number of nitrogens with zero attached hydrogens (tertiary/aromatic N) is 2. The molecule has 0 fully saturated rings. The normalized spacial score (nSPS) is 10.2. The summed E-state index contributed by atoms with van der Waals surface area (Å²) in [6, 6.07) is 7.41. The van der Waals surface area contributed by atoms with E-state index >= 15 is 0 Å². The van der Waals surface area contributed by atoms with Crippen LogP contribution in [0.3, 0.4) is 0 Å². The molecular weight excluding hydrogens is 232 g/mol. The Morgan fingerprint density at radius 1 is 1.22 bits per heavy atom. The number of methoxy groups -OCH3 is 2. The molecule has 5 heteroatoms. The van der Waals surface area contributed by atoms with Crippen LogP contribution in [-0.4, -0.2) is 30.0 Å². The molecule has 1 heterocycles. The molecule has 5 nitrogen and oxygen atoms in total. The third-order valence-corrected chi connectivity index (χ3v) is 2.64. The standard InChI is InChI=1S/C13H14N2O3/c1-9-12(13(16)18-3)8-15(14-9)10-4-6-11(17-2)7-5-10/h4-8H,1-3H3. The molecule has 0 atom stereocenters. The number of hydrogen-bond acceptors (Lipinski definition) is 4. The Kier molecular flexibility index (Phi) is 3.32. The molecule has 0 aliphatic carbocycles. The number of hydrogen-bond donors (Lipinski definition) is 0. The minimum absolute atomic E-state index is 0.382. The summed E-state index contributed by atoms with van der Waals surface area (Å²) in [6.45, 7) is 1.77. The Bertz CT molecular complexity index is 558. The van der Waals surface area contributed by atoms with Crippen LogP contribution in [0.5, 0.6) is 5.75 Å². The second kappa shape index (κ2) is 4.91. The number of esters is 1. The van der Waals surface area contributed by atoms with Gasteiger partial charge in [-0.25, -0.2) is 9.48 Å². The van der Waals surface area contributed by atoms with Crippen molar-refractivity contribution in [3.05, 3.63) is 41.7 Å². The van der Waals surface area contributed by atoms with Gasteiger partial charge in [0, 0.05) is 6.20 Å². The molecule has 0 radical (unpaired) electrons. The molecule has 0 N–H and O–H groups in total. The van der Waals surface area contributed by atoms with Crippen molar-refractivity contribution in [2.24, 2.45) is 0 Å². The van der Waals surface area contributed by atoms with E-state index in [0.717, 1.165) is 11.4 Å². The Hall–Kier alpha value is -2.30. The molecule has 0 bridgehead atoms. The van der Waals surface area contributed by atoms with Gasteiger partial charge in [0.15, 0.2) is 0 Å². The lowest BCUT2D eigenvalue weighted by atomic mass is 10.3. The summed E-state index contributed by atoms with van der Waals surface area (Å²) in [5.74, 6) is 0.392. The maximum Gasteiger partial charge on any atom is 0.341 e. The van der Waals surface area contributed by atoms with Crippen LogP contribution in [0.1, 0.15) is 16.1 Å². The van der Waals surface area contributed by atoms with Gasteiger partial charge in [0.25, 0.3) is 0 Å². The van der Waals surface area contributed by atoms with Gasteiger partial charge in [0.05, 0.1) is 25.6 Å². The van der Waals surface area contributed by atoms with Gasteiger partial charge in [-0.3, -0.25) is 0 Å². The predicted molar refractivity (Wildman–Crippen MR) is 66.2 cm³/mol. The van der Waals surface area contributed by atoms with Crippen LogP contribution in [0.2, 0.25) is 0 Å². The SMILES string of the molecule is COC(=O)c1cn(-c2ccc(OC)cc2)nc1C. The zero-order valence-corrected chi connectivity index (χ0v) is 10.5. The van der Waals surface area contributed by atoms with Crippen LogP contribution < -0.4 is 4.74 Å². The van der Waals surface area contributed by atoms with Crippen molar-refractivity contribution in [2.45, 2.75) is 6.92 Å². The van der Waals surface area contributed by atoms with Crippen LogP contribution in [-0.2, 0) is 4.74 Å². The van der Waals surface area contributed by atoms with Crippen molar-refractivity contribution < 1.29 is 14.3 Å². The quantitative estimate of drug-likeness (QED) is 0.777. The summed E-state index contributed by atoms with van der Waals surface area (Å²) < 4.78 is 11.4. The molecule has 0 aliphatic rings. The highest BCUT2D eigenvalue weighted by atomic mass is 16.5. The second-order valence-electron chi connectivity index (χ2n) is 3.76. The fraction of sp³-hybridized carbons (Fsp3) is 0.231. The first-order valence-electron chi connectivity index (χ1n) is 5.44. The van der Waals surface area contributed by atoms with E-state index in [1.165, 1.54) is 7.11 Å². The molecule has 2 rings (SSSR count).